The van der Waals surface area contributed by atoms with Crippen molar-refractivity contribution in [2.45, 2.75) is 0 Å². The first-order chi connectivity index (χ1) is 10.2. The molecule has 2 aromatic heterocycles. The Hall–Kier alpha value is -2.17. The third kappa shape index (κ3) is 3.29. The van der Waals surface area contributed by atoms with Gasteiger partial charge in [-0.15, -0.1) is 0 Å². The second-order valence-corrected chi connectivity index (χ2v) is 5.05. The van der Waals surface area contributed by atoms with Crippen molar-refractivity contribution in [3.05, 3.63) is 70.9 Å². The van der Waals surface area contributed by atoms with Crippen LogP contribution in [0, 0.1) is 0 Å². The van der Waals surface area contributed by atoms with Crippen LogP contribution < -0.4 is 0 Å². The van der Waals surface area contributed by atoms with Gasteiger partial charge >= 0.3 is 0 Å². The monoisotopic (exact) mass is 316 g/mol. The Bertz CT molecular complexity index is 764. The molecule has 1 aromatic carbocycles. The quantitative estimate of drug-likeness (QED) is 0.682. The lowest BCUT2D eigenvalue weighted by molar-refractivity contribution is 0.883. The molecule has 0 bridgehead atoms. The predicted molar refractivity (Wildman–Crippen MR) is 84.9 cm³/mol. The summed E-state index contributed by atoms with van der Waals surface area (Å²) in [5.74, 6) is 0. The summed E-state index contributed by atoms with van der Waals surface area (Å²) in [6, 6.07) is 11.1. The van der Waals surface area contributed by atoms with E-state index < -0.39 is 0 Å². The number of rotatable bonds is 3. The smallest absolute Gasteiger partial charge is 0.224 e. The molecule has 0 aliphatic heterocycles. The number of hydrogen-bond acceptors (Lipinski definition) is 3. The maximum absolute atomic E-state index is 6.08. The molecule has 0 spiro atoms. The van der Waals surface area contributed by atoms with Crippen LogP contribution in [0.25, 0.3) is 11.3 Å². The van der Waals surface area contributed by atoms with Crippen LogP contribution in [0.4, 0.5) is 0 Å². The molecule has 0 amide bonds. The number of nitrogens with zero attached hydrogens (tertiary/aromatic N) is 4. The Morgan fingerprint density at radius 1 is 1.10 bits per heavy atom. The van der Waals surface area contributed by atoms with Crippen molar-refractivity contribution in [3.8, 4) is 11.3 Å². The van der Waals surface area contributed by atoms with Gasteiger partial charge in [-0.1, -0.05) is 23.7 Å². The second kappa shape index (κ2) is 6.08. The predicted octanol–water partition coefficient (Wildman–Crippen LogP) is 4.13. The number of benzene rings is 1. The molecule has 0 atom stereocenters. The zero-order valence-electron chi connectivity index (χ0n) is 10.8. The molecule has 0 saturated carbocycles. The van der Waals surface area contributed by atoms with Gasteiger partial charge in [-0.25, -0.2) is 9.66 Å². The Labute approximate surface area is 131 Å². The molecule has 3 aromatic rings. The van der Waals surface area contributed by atoms with Crippen molar-refractivity contribution in [1.82, 2.24) is 14.6 Å². The van der Waals surface area contributed by atoms with Crippen LogP contribution >= 0.6 is 23.2 Å². The molecule has 104 valence electrons. The topological polar surface area (TPSA) is 43.1 Å². The average molecular weight is 317 g/mol. The number of aromatic nitrogens is 3. The lowest BCUT2D eigenvalue weighted by Gasteiger charge is -1.95. The molecule has 0 N–H and O–H groups in total. The first-order valence-electron chi connectivity index (χ1n) is 6.17. The molecule has 3 rings (SSSR count). The highest BCUT2D eigenvalue weighted by atomic mass is 35.5. The summed E-state index contributed by atoms with van der Waals surface area (Å²) in [6.07, 6.45) is 6.88. The zero-order chi connectivity index (χ0) is 14.7. The van der Waals surface area contributed by atoms with E-state index >= 15 is 0 Å². The van der Waals surface area contributed by atoms with Gasteiger partial charge in [-0.05, 0) is 41.4 Å². The third-order valence-corrected chi connectivity index (χ3v) is 3.31. The van der Waals surface area contributed by atoms with Crippen molar-refractivity contribution >= 4 is 29.4 Å². The maximum atomic E-state index is 6.08. The minimum absolute atomic E-state index is 0.291. The summed E-state index contributed by atoms with van der Waals surface area (Å²) >= 11 is 11.9. The minimum atomic E-state index is 0.291. The van der Waals surface area contributed by atoms with E-state index in [9.17, 15) is 0 Å². The van der Waals surface area contributed by atoms with Gasteiger partial charge in [-0.3, -0.25) is 4.98 Å². The van der Waals surface area contributed by atoms with Crippen molar-refractivity contribution in [1.29, 1.82) is 0 Å². The van der Waals surface area contributed by atoms with Crippen molar-refractivity contribution < 1.29 is 0 Å². The number of pyridine rings is 1. The minimum Gasteiger partial charge on any atom is -0.264 e. The van der Waals surface area contributed by atoms with E-state index in [2.05, 4.69) is 15.1 Å². The summed E-state index contributed by atoms with van der Waals surface area (Å²) in [6.45, 7) is 0. The van der Waals surface area contributed by atoms with E-state index in [1.165, 1.54) is 4.68 Å². The van der Waals surface area contributed by atoms with E-state index in [0.717, 1.165) is 16.8 Å². The normalized spacial score (nSPS) is 11.1. The number of imidazole rings is 1. The highest BCUT2D eigenvalue weighted by Gasteiger charge is 2.06. The van der Waals surface area contributed by atoms with Crippen LogP contribution in [0.3, 0.4) is 0 Å². The third-order valence-electron chi connectivity index (χ3n) is 2.80. The SMILES string of the molecule is Clc1ccc(C=Nn2cc(-c3cccnc3)nc2Cl)cc1. The molecule has 0 aliphatic carbocycles. The average Bonchev–Trinajstić information content (AvgIpc) is 2.89. The Balaban J connectivity index is 1.86. The molecule has 0 aliphatic rings. The van der Waals surface area contributed by atoms with E-state index in [1.54, 1.807) is 36.9 Å². The van der Waals surface area contributed by atoms with Gasteiger partial charge in [0.2, 0.25) is 5.28 Å². The fourth-order valence-electron chi connectivity index (χ4n) is 1.76. The highest BCUT2D eigenvalue weighted by Crippen LogP contribution is 2.19. The van der Waals surface area contributed by atoms with Gasteiger partial charge in [0, 0.05) is 23.0 Å². The van der Waals surface area contributed by atoms with E-state index in [0.29, 0.717) is 10.3 Å². The second-order valence-electron chi connectivity index (χ2n) is 4.28. The summed E-state index contributed by atoms with van der Waals surface area (Å²) in [5, 5.41) is 5.26. The van der Waals surface area contributed by atoms with Gasteiger partial charge in [0.15, 0.2) is 0 Å². The fourth-order valence-corrected chi connectivity index (χ4v) is 2.07. The highest BCUT2D eigenvalue weighted by molar-refractivity contribution is 6.30. The largest absolute Gasteiger partial charge is 0.264 e. The van der Waals surface area contributed by atoms with Crippen molar-refractivity contribution in [2.75, 3.05) is 0 Å². The van der Waals surface area contributed by atoms with Crippen LogP contribution in [0.1, 0.15) is 5.56 Å². The van der Waals surface area contributed by atoms with Crippen LogP contribution in [-0.4, -0.2) is 20.9 Å². The van der Waals surface area contributed by atoms with Gasteiger partial charge in [0.25, 0.3) is 0 Å². The molecule has 0 unspecified atom stereocenters. The van der Waals surface area contributed by atoms with E-state index in [1.807, 2.05) is 24.3 Å². The van der Waals surface area contributed by atoms with Crippen LogP contribution in [0.15, 0.2) is 60.1 Å². The zero-order valence-corrected chi connectivity index (χ0v) is 12.3. The Morgan fingerprint density at radius 3 is 2.62 bits per heavy atom. The lowest BCUT2D eigenvalue weighted by atomic mass is 10.2. The maximum Gasteiger partial charge on any atom is 0.224 e. The molecule has 21 heavy (non-hydrogen) atoms. The van der Waals surface area contributed by atoms with Crippen molar-refractivity contribution in [3.63, 3.8) is 0 Å². The molecule has 0 fully saturated rings. The van der Waals surface area contributed by atoms with Gasteiger partial charge in [0.1, 0.15) is 0 Å². The Morgan fingerprint density at radius 2 is 1.90 bits per heavy atom. The summed E-state index contributed by atoms with van der Waals surface area (Å²) < 4.78 is 1.51. The molecule has 0 radical (unpaired) electrons. The van der Waals surface area contributed by atoms with Gasteiger partial charge in [0.05, 0.1) is 18.1 Å². The molecular formula is C15H10Cl2N4. The molecule has 0 saturated heterocycles. The first-order valence-corrected chi connectivity index (χ1v) is 6.93. The standard InChI is InChI=1S/C15H10Cl2N4/c16-13-5-3-11(4-6-13)8-19-21-10-14(20-15(21)17)12-2-1-7-18-9-12/h1-10H. The van der Waals surface area contributed by atoms with Crippen LogP contribution in [0.5, 0.6) is 0 Å². The Kier molecular flexibility index (Phi) is 3.99. The molecule has 6 heteroatoms. The van der Waals surface area contributed by atoms with Gasteiger partial charge < -0.3 is 0 Å². The molecule has 2 heterocycles. The lowest BCUT2D eigenvalue weighted by Crippen LogP contribution is -1.88. The van der Waals surface area contributed by atoms with E-state index in [-0.39, 0.29) is 0 Å². The molecular weight excluding hydrogens is 307 g/mol. The summed E-state index contributed by atoms with van der Waals surface area (Å²) in [4.78, 5) is 8.32. The fraction of sp³-hybridized carbons (Fsp3) is 0. The molecule has 4 nitrogen and oxygen atoms in total. The van der Waals surface area contributed by atoms with Gasteiger partial charge in [-0.2, -0.15) is 5.10 Å². The first kappa shape index (κ1) is 13.8. The van der Waals surface area contributed by atoms with Crippen LogP contribution in [0.2, 0.25) is 10.3 Å². The number of halogens is 2. The van der Waals surface area contributed by atoms with Crippen LogP contribution in [-0.2, 0) is 0 Å². The summed E-state index contributed by atoms with van der Waals surface area (Å²) in [5.41, 5.74) is 2.54. The summed E-state index contributed by atoms with van der Waals surface area (Å²) in [7, 11) is 0. The number of hydrogen-bond donors (Lipinski definition) is 0. The van der Waals surface area contributed by atoms with Crippen molar-refractivity contribution in [2.24, 2.45) is 5.10 Å². The van der Waals surface area contributed by atoms with E-state index in [4.69, 9.17) is 23.2 Å².